The molecule has 11 nitrogen and oxygen atoms in total. The first-order chi connectivity index (χ1) is 13.3. The third-order valence-electron chi connectivity index (χ3n) is 4.25. The van der Waals surface area contributed by atoms with Crippen LogP contribution in [0.5, 0.6) is 0 Å². The zero-order chi connectivity index (χ0) is 21.2. The van der Waals surface area contributed by atoms with Crippen LogP contribution in [0.3, 0.4) is 0 Å². The average molecular weight is 401 g/mol. The van der Waals surface area contributed by atoms with Crippen LogP contribution in [0.1, 0.15) is 52.9 Å². The van der Waals surface area contributed by atoms with E-state index in [0.717, 1.165) is 12.8 Å². The van der Waals surface area contributed by atoms with Crippen molar-refractivity contribution in [3.05, 3.63) is 0 Å². The number of rotatable bonds is 10. The highest BCUT2D eigenvalue weighted by Crippen LogP contribution is 2.30. The highest BCUT2D eigenvalue weighted by Gasteiger charge is 2.59. The number of nitrogens with zero attached hydrogens (tertiary/aromatic N) is 1. The normalized spacial score (nSPS) is 19.4. The molecule has 0 spiro atoms. The lowest BCUT2D eigenvalue weighted by Crippen LogP contribution is -2.68. The smallest absolute Gasteiger partial charge is 0.429 e. The Balaban J connectivity index is 3.17. The van der Waals surface area contributed by atoms with E-state index in [4.69, 9.17) is 14.2 Å². The molecule has 1 aliphatic rings. The fourth-order valence-electron chi connectivity index (χ4n) is 2.60. The summed E-state index contributed by atoms with van der Waals surface area (Å²) in [5.41, 5.74) is 0.155. The van der Waals surface area contributed by atoms with E-state index >= 15 is 0 Å². The van der Waals surface area contributed by atoms with Crippen LogP contribution >= 0.6 is 0 Å². The second-order valence-corrected chi connectivity index (χ2v) is 6.26. The molecule has 2 atom stereocenters. The van der Waals surface area contributed by atoms with Crippen molar-refractivity contribution in [1.29, 1.82) is 0 Å². The number of ether oxygens (including phenoxy) is 3. The van der Waals surface area contributed by atoms with Gasteiger partial charge in [-0.3, -0.25) is 19.7 Å². The Kier molecular flexibility index (Phi) is 9.19. The summed E-state index contributed by atoms with van der Waals surface area (Å²) < 4.78 is 14.9. The van der Waals surface area contributed by atoms with Crippen molar-refractivity contribution in [3.8, 4) is 0 Å². The molecule has 1 fully saturated rings. The van der Waals surface area contributed by atoms with Crippen molar-refractivity contribution in [1.82, 2.24) is 15.8 Å². The Morgan fingerprint density at radius 1 is 1.21 bits per heavy atom. The maximum absolute atomic E-state index is 12.6. The Hall–Kier alpha value is -2.85. The summed E-state index contributed by atoms with van der Waals surface area (Å²) in [6.07, 6.45) is -1.19. The predicted octanol–water partition coefficient (Wildman–Crippen LogP) is 1.01. The first-order valence-electron chi connectivity index (χ1n) is 9.17. The van der Waals surface area contributed by atoms with Gasteiger partial charge in [-0.25, -0.2) is 15.0 Å². The van der Waals surface area contributed by atoms with Gasteiger partial charge in [-0.15, -0.1) is 0 Å². The van der Waals surface area contributed by atoms with Crippen LogP contribution in [0.4, 0.5) is 9.59 Å². The second-order valence-electron chi connectivity index (χ2n) is 6.26. The summed E-state index contributed by atoms with van der Waals surface area (Å²) in [4.78, 5) is 60.0. The number of hydrogen-bond acceptors (Lipinski definition) is 8. The van der Waals surface area contributed by atoms with Gasteiger partial charge in [0.25, 0.3) is 12.4 Å². The van der Waals surface area contributed by atoms with E-state index in [-0.39, 0.29) is 19.7 Å². The molecule has 1 heterocycles. The van der Waals surface area contributed by atoms with Crippen LogP contribution in [0.15, 0.2) is 0 Å². The Morgan fingerprint density at radius 2 is 1.82 bits per heavy atom. The molecule has 0 aromatic carbocycles. The summed E-state index contributed by atoms with van der Waals surface area (Å²) >= 11 is 0. The summed E-state index contributed by atoms with van der Waals surface area (Å²) in [5, 5.41) is 2.63. The fraction of sp³-hybridized carbons (Fsp3) is 0.706. The van der Waals surface area contributed by atoms with Crippen molar-refractivity contribution >= 4 is 30.5 Å². The summed E-state index contributed by atoms with van der Waals surface area (Å²) in [6.45, 7) is 5.33. The monoisotopic (exact) mass is 401 g/mol. The van der Waals surface area contributed by atoms with Crippen LogP contribution < -0.4 is 10.7 Å². The van der Waals surface area contributed by atoms with Crippen molar-refractivity contribution in [2.45, 2.75) is 64.5 Å². The first-order valence-corrected chi connectivity index (χ1v) is 9.17. The minimum atomic E-state index is -2.01. The highest BCUT2D eigenvalue weighted by atomic mass is 16.6. The molecule has 1 rings (SSSR count). The quantitative estimate of drug-likeness (QED) is 0.182. The van der Waals surface area contributed by atoms with Gasteiger partial charge >= 0.3 is 12.2 Å². The zero-order valence-electron chi connectivity index (χ0n) is 16.3. The van der Waals surface area contributed by atoms with Crippen LogP contribution in [0, 0.1) is 0 Å². The molecule has 0 aromatic heterocycles. The Labute approximate surface area is 163 Å². The number of carbonyl (C=O) groups is 5. The van der Waals surface area contributed by atoms with Crippen molar-refractivity contribution in [2.24, 2.45) is 0 Å². The number of nitrogens with one attached hydrogen (secondary N) is 2. The van der Waals surface area contributed by atoms with Gasteiger partial charge in [0.15, 0.2) is 5.54 Å². The number of hydrogen-bond donors (Lipinski definition) is 2. The van der Waals surface area contributed by atoms with Crippen LogP contribution in [-0.2, 0) is 28.6 Å². The lowest BCUT2D eigenvalue weighted by molar-refractivity contribution is -0.150. The van der Waals surface area contributed by atoms with Gasteiger partial charge in [0.1, 0.15) is 6.10 Å². The largest absolute Gasteiger partial charge is 0.462 e. The molecule has 0 aliphatic carbocycles. The molecular weight excluding hydrogens is 374 g/mol. The van der Waals surface area contributed by atoms with Gasteiger partial charge in [-0.2, -0.15) is 5.01 Å². The van der Waals surface area contributed by atoms with Crippen molar-refractivity contribution < 1.29 is 38.2 Å². The summed E-state index contributed by atoms with van der Waals surface area (Å²) in [7, 11) is 0. The number of hydrazine groups is 1. The SMILES string of the molecule is CCCCOC(=O)NN(C(=O)OCCCC)C1(C(C)OC=O)CC(=O)NC1=O. The van der Waals surface area contributed by atoms with Gasteiger partial charge in [0.2, 0.25) is 5.91 Å². The lowest BCUT2D eigenvalue weighted by Gasteiger charge is -2.39. The molecular formula is C17H27N3O8. The van der Waals surface area contributed by atoms with Crippen LogP contribution in [0.25, 0.3) is 0 Å². The third kappa shape index (κ3) is 5.57. The fourth-order valence-corrected chi connectivity index (χ4v) is 2.60. The maximum atomic E-state index is 12.6. The topological polar surface area (TPSA) is 140 Å². The maximum Gasteiger partial charge on any atom is 0.429 e. The molecule has 2 unspecified atom stereocenters. The first kappa shape index (κ1) is 23.2. The van der Waals surface area contributed by atoms with Gasteiger partial charge in [0.05, 0.1) is 19.6 Å². The Morgan fingerprint density at radius 3 is 2.32 bits per heavy atom. The van der Waals surface area contributed by atoms with E-state index in [1.54, 1.807) is 0 Å². The minimum absolute atomic E-state index is 0.0347. The number of imide groups is 1. The van der Waals surface area contributed by atoms with E-state index < -0.39 is 42.1 Å². The van der Waals surface area contributed by atoms with Gasteiger partial charge in [0, 0.05) is 0 Å². The molecule has 0 saturated carbocycles. The molecule has 158 valence electrons. The molecule has 0 aromatic rings. The van der Waals surface area contributed by atoms with E-state index in [1.807, 2.05) is 13.8 Å². The summed E-state index contributed by atoms with van der Waals surface area (Å²) in [6, 6.07) is 0. The molecule has 1 aliphatic heterocycles. The number of unbranched alkanes of at least 4 members (excludes halogenated alkanes) is 2. The summed E-state index contributed by atoms with van der Waals surface area (Å²) in [5.74, 6) is -1.60. The van der Waals surface area contributed by atoms with Crippen molar-refractivity contribution in [3.63, 3.8) is 0 Å². The van der Waals surface area contributed by atoms with E-state index in [2.05, 4.69) is 10.7 Å². The molecule has 0 bridgehead atoms. The van der Waals surface area contributed by atoms with Gasteiger partial charge in [-0.05, 0) is 19.8 Å². The number of amides is 4. The standard InChI is InChI=1S/C17H27N3O8/c1-4-6-8-26-15(24)19-20(16(25)27-9-7-5-2)17(12(3)28-11-21)10-13(22)18-14(17)23/h11-12H,4-10H2,1-3H3,(H,19,24)(H,18,22,23). The zero-order valence-corrected chi connectivity index (χ0v) is 16.3. The third-order valence-corrected chi connectivity index (χ3v) is 4.25. The minimum Gasteiger partial charge on any atom is -0.462 e. The van der Waals surface area contributed by atoms with Gasteiger partial charge in [-0.1, -0.05) is 26.7 Å². The van der Waals surface area contributed by atoms with Crippen LogP contribution in [-0.4, -0.2) is 60.3 Å². The molecule has 28 heavy (non-hydrogen) atoms. The molecule has 4 amide bonds. The number of carbonyl (C=O) groups excluding carboxylic acids is 5. The van der Waals surface area contributed by atoms with Gasteiger partial charge < -0.3 is 14.2 Å². The average Bonchev–Trinajstić information content (AvgIpc) is 2.95. The van der Waals surface area contributed by atoms with E-state index in [1.165, 1.54) is 6.92 Å². The Bertz CT molecular complexity index is 597. The molecule has 2 N–H and O–H groups in total. The second kappa shape index (κ2) is 11.1. The predicted molar refractivity (Wildman–Crippen MR) is 94.6 cm³/mol. The lowest BCUT2D eigenvalue weighted by atomic mass is 9.90. The van der Waals surface area contributed by atoms with Crippen LogP contribution in [0.2, 0.25) is 0 Å². The molecule has 1 saturated heterocycles. The highest BCUT2D eigenvalue weighted by molar-refractivity contribution is 6.10. The molecule has 0 radical (unpaired) electrons. The van der Waals surface area contributed by atoms with Crippen molar-refractivity contribution in [2.75, 3.05) is 13.2 Å². The van der Waals surface area contributed by atoms with E-state index in [0.29, 0.717) is 17.9 Å². The van der Waals surface area contributed by atoms with E-state index in [9.17, 15) is 24.0 Å². The molecule has 11 heteroatoms.